The van der Waals surface area contributed by atoms with E-state index in [1.54, 1.807) is 0 Å². The van der Waals surface area contributed by atoms with Crippen LogP contribution < -0.4 is 5.32 Å². The summed E-state index contributed by atoms with van der Waals surface area (Å²) in [6.07, 6.45) is 1.27. The van der Waals surface area contributed by atoms with Gasteiger partial charge in [0.25, 0.3) is 0 Å². The molecular weight excluding hydrogens is 117 g/mol. The molecule has 1 heterocycles. The van der Waals surface area contributed by atoms with Crippen LogP contribution in [0, 0.1) is 11.8 Å². The van der Waals surface area contributed by atoms with Crippen molar-refractivity contribution in [1.82, 2.24) is 5.32 Å². The fraction of sp³-hybridized carbons (Fsp3) is 1.00. The maximum absolute atomic E-state index is 12.1. The van der Waals surface area contributed by atoms with Gasteiger partial charge >= 0.3 is 0 Å². The normalized spacial score (nSPS) is 55.3. The highest BCUT2D eigenvalue weighted by atomic mass is 19.1. The van der Waals surface area contributed by atoms with E-state index in [-0.39, 0.29) is 12.7 Å². The molecule has 2 aliphatic rings. The molecule has 0 amide bonds. The number of hydrogen-bond donors (Lipinski definition) is 1. The van der Waals surface area contributed by atoms with E-state index in [4.69, 9.17) is 0 Å². The summed E-state index contributed by atoms with van der Waals surface area (Å²) < 4.78 is 12.1. The van der Waals surface area contributed by atoms with Crippen LogP contribution >= 0.6 is 0 Å². The van der Waals surface area contributed by atoms with E-state index in [9.17, 15) is 4.39 Å². The SMILES string of the molecule is CC1N[C@H](CF)[C@H]2C[C@@H]12. The van der Waals surface area contributed by atoms with Crippen molar-refractivity contribution < 1.29 is 4.39 Å². The molecule has 2 rings (SSSR count). The molecule has 0 spiro atoms. The molecule has 9 heavy (non-hydrogen) atoms. The average Bonchev–Trinajstić information content (AvgIpc) is 2.56. The first kappa shape index (κ1) is 5.66. The van der Waals surface area contributed by atoms with E-state index in [0.717, 1.165) is 5.92 Å². The molecule has 52 valence electrons. The van der Waals surface area contributed by atoms with Gasteiger partial charge in [-0.3, -0.25) is 0 Å². The summed E-state index contributed by atoms with van der Waals surface area (Å²) in [5.74, 6) is 1.50. The summed E-state index contributed by atoms with van der Waals surface area (Å²) in [4.78, 5) is 0. The molecule has 0 bridgehead atoms. The van der Waals surface area contributed by atoms with Crippen LogP contribution in [0.15, 0.2) is 0 Å². The summed E-state index contributed by atoms with van der Waals surface area (Å²) >= 11 is 0. The van der Waals surface area contributed by atoms with E-state index in [2.05, 4.69) is 12.2 Å². The summed E-state index contributed by atoms with van der Waals surface area (Å²) in [7, 11) is 0. The number of rotatable bonds is 1. The summed E-state index contributed by atoms with van der Waals surface area (Å²) in [6, 6.07) is 0.778. The molecule has 1 unspecified atom stereocenters. The Labute approximate surface area is 54.6 Å². The molecule has 1 N–H and O–H groups in total. The van der Waals surface area contributed by atoms with Crippen LogP contribution in [0.2, 0.25) is 0 Å². The lowest BCUT2D eigenvalue weighted by atomic mass is 10.2. The average molecular weight is 129 g/mol. The maximum Gasteiger partial charge on any atom is 0.105 e. The lowest BCUT2D eigenvalue weighted by molar-refractivity contribution is 0.364. The number of nitrogens with one attached hydrogen (secondary N) is 1. The molecule has 1 saturated heterocycles. The summed E-state index contributed by atoms with van der Waals surface area (Å²) in [5, 5.41) is 3.23. The third-order valence-corrected chi connectivity index (χ3v) is 2.69. The minimum Gasteiger partial charge on any atom is -0.308 e. The molecule has 0 aromatic rings. The first-order valence-electron chi connectivity index (χ1n) is 3.65. The Balaban J connectivity index is 2.00. The minimum absolute atomic E-state index is 0.175. The van der Waals surface area contributed by atoms with Crippen molar-refractivity contribution in [3.63, 3.8) is 0 Å². The highest BCUT2D eigenvalue weighted by molar-refractivity contribution is 5.06. The van der Waals surface area contributed by atoms with Crippen LogP contribution in [-0.2, 0) is 0 Å². The molecule has 2 heteroatoms. The Morgan fingerprint density at radius 2 is 2.33 bits per heavy atom. The second kappa shape index (κ2) is 1.69. The zero-order chi connectivity index (χ0) is 6.43. The van der Waals surface area contributed by atoms with E-state index >= 15 is 0 Å². The van der Waals surface area contributed by atoms with Gasteiger partial charge in [-0.1, -0.05) is 0 Å². The number of piperidine rings is 1. The Morgan fingerprint density at radius 3 is 2.56 bits per heavy atom. The number of halogens is 1. The van der Waals surface area contributed by atoms with Crippen molar-refractivity contribution in [2.75, 3.05) is 6.67 Å². The van der Waals surface area contributed by atoms with Gasteiger partial charge in [0.1, 0.15) is 6.67 Å². The molecule has 1 aliphatic heterocycles. The van der Waals surface area contributed by atoms with Gasteiger partial charge in [-0.2, -0.15) is 0 Å². The summed E-state index contributed by atoms with van der Waals surface area (Å²) in [6.45, 7) is 1.98. The van der Waals surface area contributed by atoms with Gasteiger partial charge in [0.05, 0.1) is 0 Å². The molecular formula is C7H12FN. The minimum atomic E-state index is -0.175. The third-order valence-electron chi connectivity index (χ3n) is 2.69. The zero-order valence-corrected chi connectivity index (χ0v) is 5.60. The smallest absolute Gasteiger partial charge is 0.105 e. The van der Waals surface area contributed by atoms with Gasteiger partial charge in [0, 0.05) is 12.1 Å². The van der Waals surface area contributed by atoms with Crippen LogP contribution in [0.1, 0.15) is 13.3 Å². The molecule has 1 saturated carbocycles. The standard InChI is InChI=1S/C7H12FN/c1-4-5-2-6(5)7(3-8)9-4/h4-7,9H,2-3H2,1H3/t4?,5-,6-,7+/m0/s1. The van der Waals surface area contributed by atoms with Gasteiger partial charge in [-0.25, -0.2) is 4.39 Å². The molecule has 1 aliphatic carbocycles. The number of alkyl halides is 1. The van der Waals surface area contributed by atoms with Gasteiger partial charge < -0.3 is 5.32 Å². The van der Waals surface area contributed by atoms with Crippen molar-refractivity contribution in [2.45, 2.75) is 25.4 Å². The second-order valence-corrected chi connectivity index (χ2v) is 3.28. The molecule has 1 nitrogen and oxygen atoms in total. The zero-order valence-electron chi connectivity index (χ0n) is 5.60. The quantitative estimate of drug-likeness (QED) is 0.556. The lowest BCUT2D eigenvalue weighted by Crippen LogP contribution is -2.33. The predicted octanol–water partition coefficient (Wildman–Crippen LogP) is 0.952. The second-order valence-electron chi connectivity index (χ2n) is 3.28. The maximum atomic E-state index is 12.1. The highest BCUT2D eigenvalue weighted by Crippen LogP contribution is 2.48. The molecule has 0 aromatic heterocycles. The van der Waals surface area contributed by atoms with Crippen LogP contribution in [-0.4, -0.2) is 18.8 Å². The lowest BCUT2D eigenvalue weighted by Gasteiger charge is -2.11. The molecule has 2 fully saturated rings. The van der Waals surface area contributed by atoms with Crippen molar-refractivity contribution in [3.8, 4) is 0 Å². The van der Waals surface area contributed by atoms with Gasteiger partial charge in [-0.15, -0.1) is 0 Å². The van der Waals surface area contributed by atoms with Crippen LogP contribution in [0.4, 0.5) is 4.39 Å². The van der Waals surface area contributed by atoms with Gasteiger partial charge in [0.15, 0.2) is 0 Å². The fourth-order valence-electron chi connectivity index (χ4n) is 2.02. The van der Waals surface area contributed by atoms with E-state index in [1.165, 1.54) is 6.42 Å². The highest BCUT2D eigenvalue weighted by Gasteiger charge is 2.51. The summed E-state index contributed by atoms with van der Waals surface area (Å²) in [5.41, 5.74) is 0. The Morgan fingerprint density at radius 1 is 1.56 bits per heavy atom. The Kier molecular flexibility index (Phi) is 1.06. The van der Waals surface area contributed by atoms with Crippen LogP contribution in [0.5, 0.6) is 0 Å². The number of fused-ring (bicyclic) bond motifs is 1. The predicted molar refractivity (Wildman–Crippen MR) is 34.0 cm³/mol. The Hall–Kier alpha value is -0.110. The molecule has 0 aromatic carbocycles. The van der Waals surface area contributed by atoms with Crippen LogP contribution in [0.25, 0.3) is 0 Å². The topological polar surface area (TPSA) is 12.0 Å². The molecule has 0 radical (unpaired) electrons. The Bertz CT molecular complexity index is 126. The fourth-order valence-corrected chi connectivity index (χ4v) is 2.02. The third kappa shape index (κ3) is 0.692. The van der Waals surface area contributed by atoms with Crippen LogP contribution in [0.3, 0.4) is 0 Å². The van der Waals surface area contributed by atoms with Gasteiger partial charge in [0.2, 0.25) is 0 Å². The van der Waals surface area contributed by atoms with E-state index in [1.807, 2.05) is 0 Å². The van der Waals surface area contributed by atoms with Gasteiger partial charge in [-0.05, 0) is 25.2 Å². The van der Waals surface area contributed by atoms with Crippen molar-refractivity contribution >= 4 is 0 Å². The van der Waals surface area contributed by atoms with Crippen molar-refractivity contribution in [1.29, 1.82) is 0 Å². The first-order chi connectivity index (χ1) is 4.33. The largest absolute Gasteiger partial charge is 0.308 e. The van der Waals surface area contributed by atoms with E-state index in [0.29, 0.717) is 12.0 Å². The number of hydrogen-bond acceptors (Lipinski definition) is 1. The monoisotopic (exact) mass is 129 g/mol. The van der Waals surface area contributed by atoms with Crippen molar-refractivity contribution in [3.05, 3.63) is 0 Å². The first-order valence-corrected chi connectivity index (χ1v) is 3.65. The molecule has 4 atom stereocenters. The van der Waals surface area contributed by atoms with Crippen molar-refractivity contribution in [2.24, 2.45) is 11.8 Å². The van der Waals surface area contributed by atoms with E-state index < -0.39 is 0 Å².